The van der Waals surface area contributed by atoms with Crippen LogP contribution in [0.25, 0.3) is 11.1 Å². The molecule has 51 heavy (non-hydrogen) atoms. The van der Waals surface area contributed by atoms with Crippen molar-refractivity contribution in [2.24, 2.45) is 11.8 Å². The molecule has 1 saturated heterocycles. The van der Waals surface area contributed by atoms with E-state index in [0.29, 0.717) is 22.4 Å². The molecule has 5 aromatic rings. The van der Waals surface area contributed by atoms with Crippen molar-refractivity contribution in [3.63, 3.8) is 0 Å². The number of esters is 1. The van der Waals surface area contributed by atoms with Crippen LogP contribution in [0.1, 0.15) is 57.6 Å². The Hall–Kier alpha value is -5.88. The van der Waals surface area contributed by atoms with Crippen LogP contribution in [0.3, 0.4) is 0 Å². The van der Waals surface area contributed by atoms with Gasteiger partial charge in [-0.15, -0.1) is 0 Å². The van der Waals surface area contributed by atoms with Gasteiger partial charge in [0.25, 0.3) is 0 Å². The van der Waals surface area contributed by atoms with Crippen LogP contribution in [0.15, 0.2) is 133 Å². The van der Waals surface area contributed by atoms with Crippen LogP contribution in [0, 0.1) is 25.7 Å². The van der Waals surface area contributed by atoms with E-state index < -0.39 is 40.4 Å². The van der Waals surface area contributed by atoms with Crippen molar-refractivity contribution < 1.29 is 23.9 Å². The third-order valence-electron chi connectivity index (χ3n) is 10.8. The monoisotopic (exact) mass is 671 g/mol. The highest BCUT2D eigenvalue weighted by Crippen LogP contribution is 2.74. The van der Waals surface area contributed by atoms with Crippen molar-refractivity contribution in [2.45, 2.75) is 44.6 Å². The third-order valence-corrected chi connectivity index (χ3v) is 10.8. The number of nitrogens with zero attached hydrogens (tertiary/aromatic N) is 1. The fourth-order valence-corrected chi connectivity index (χ4v) is 8.85. The number of Topliss-reactive ketones (excluding diaryl/α,β-unsaturated/α-hetero) is 1. The number of hydrogen-bond acceptors (Lipinski definition) is 5. The molecule has 6 nitrogen and oxygen atoms in total. The minimum absolute atomic E-state index is 0.165. The standard InChI is InChI=1S/C45H37NO5/c1-27(2)51-42(49)32-23-25-35(26-24-32)46-40(47)38-39(41(46)48)45(34-13-9-6-10-14-34)37(31-21-17-29(4)18-22-31)36(30-19-15-28(3)16-20-30)44(38,43(45)50)33-11-7-5-8-12-33/h5-27,38-39H,1-4H3/t38-,39-,44+,45+/m0/s1. The minimum atomic E-state index is -1.49. The number of ether oxygens (including phenoxy) is 1. The van der Waals surface area contributed by atoms with E-state index in [1.54, 1.807) is 38.1 Å². The van der Waals surface area contributed by atoms with E-state index in [9.17, 15) is 4.79 Å². The highest BCUT2D eigenvalue weighted by atomic mass is 16.5. The Morgan fingerprint density at radius 1 is 0.588 bits per heavy atom. The summed E-state index contributed by atoms with van der Waals surface area (Å²) in [7, 11) is 0. The molecule has 8 rings (SSSR count). The number of carbonyl (C=O) groups excluding carboxylic acids is 4. The number of allylic oxidation sites excluding steroid dienone is 2. The van der Waals surface area contributed by atoms with Gasteiger partial charge < -0.3 is 4.74 Å². The van der Waals surface area contributed by atoms with Crippen molar-refractivity contribution in [3.8, 4) is 0 Å². The normalized spacial score (nSPS) is 23.7. The molecular weight excluding hydrogens is 634 g/mol. The van der Waals surface area contributed by atoms with Gasteiger partial charge in [-0.1, -0.05) is 120 Å². The molecule has 2 fully saturated rings. The second kappa shape index (κ2) is 11.9. The van der Waals surface area contributed by atoms with Gasteiger partial charge in [-0.05, 0) is 85.4 Å². The number of benzene rings is 5. The summed E-state index contributed by atoms with van der Waals surface area (Å²) in [6, 6.07) is 41.6. The average Bonchev–Trinajstić information content (AvgIpc) is 3.65. The van der Waals surface area contributed by atoms with Gasteiger partial charge in [0, 0.05) is 0 Å². The highest BCUT2D eigenvalue weighted by molar-refractivity contribution is 6.39. The van der Waals surface area contributed by atoms with E-state index >= 15 is 14.4 Å². The third kappa shape index (κ3) is 4.48. The first kappa shape index (κ1) is 32.3. The molecule has 1 saturated carbocycles. The number of anilines is 1. The Labute approximate surface area is 297 Å². The number of imide groups is 1. The molecule has 1 heterocycles. The fraction of sp³-hybridized carbons (Fsp3) is 0.200. The van der Waals surface area contributed by atoms with Crippen LogP contribution in [0.2, 0.25) is 0 Å². The molecule has 0 aromatic heterocycles. The van der Waals surface area contributed by atoms with Gasteiger partial charge in [0.1, 0.15) is 0 Å². The molecule has 0 unspecified atom stereocenters. The summed E-state index contributed by atoms with van der Waals surface area (Å²) in [4.78, 5) is 60.4. The zero-order valence-corrected chi connectivity index (χ0v) is 28.9. The van der Waals surface area contributed by atoms with E-state index in [1.165, 1.54) is 4.90 Å². The SMILES string of the molecule is Cc1ccc(C2=C(c3ccc(C)cc3)[C@@]3(c4ccccc4)C(=O)[C@@]2(c2ccccc2)[C@@H]2C(=O)N(c4ccc(C(=O)OC(C)C)cc4)C(=O)[C@H]23)cc1. The van der Waals surface area contributed by atoms with Crippen LogP contribution >= 0.6 is 0 Å². The van der Waals surface area contributed by atoms with Crippen molar-refractivity contribution >= 4 is 40.4 Å². The molecule has 252 valence electrons. The number of hydrogen-bond donors (Lipinski definition) is 0. The molecule has 5 aromatic carbocycles. The number of ketones is 1. The number of fused-ring (bicyclic) bond motifs is 5. The first-order valence-electron chi connectivity index (χ1n) is 17.4. The molecule has 0 radical (unpaired) electrons. The van der Waals surface area contributed by atoms with Crippen LogP contribution in [0.4, 0.5) is 5.69 Å². The summed E-state index contributed by atoms with van der Waals surface area (Å²) in [5.74, 6) is -3.60. The van der Waals surface area contributed by atoms with E-state index in [0.717, 1.165) is 33.4 Å². The summed E-state index contributed by atoms with van der Waals surface area (Å²) in [5.41, 5.74) is 4.33. The lowest BCUT2D eigenvalue weighted by molar-refractivity contribution is -0.130. The molecule has 6 heteroatoms. The van der Waals surface area contributed by atoms with E-state index in [1.807, 2.05) is 123 Å². The van der Waals surface area contributed by atoms with E-state index in [2.05, 4.69) is 0 Å². The van der Waals surface area contributed by atoms with Crippen molar-refractivity contribution in [1.82, 2.24) is 0 Å². The largest absolute Gasteiger partial charge is 0.459 e. The molecule has 3 aliphatic rings. The van der Waals surface area contributed by atoms with Gasteiger partial charge in [-0.3, -0.25) is 14.4 Å². The Morgan fingerprint density at radius 3 is 1.39 bits per heavy atom. The van der Waals surface area contributed by atoms with Gasteiger partial charge >= 0.3 is 5.97 Å². The van der Waals surface area contributed by atoms with Gasteiger partial charge in [-0.25, -0.2) is 9.69 Å². The maximum absolute atomic E-state index is 16.1. The number of amides is 2. The molecule has 2 aliphatic carbocycles. The molecule has 4 atom stereocenters. The quantitative estimate of drug-likeness (QED) is 0.129. The van der Waals surface area contributed by atoms with E-state index in [-0.39, 0.29) is 11.9 Å². The lowest BCUT2D eigenvalue weighted by atomic mass is 9.59. The predicted molar refractivity (Wildman–Crippen MR) is 197 cm³/mol. The van der Waals surface area contributed by atoms with Gasteiger partial charge in [0.15, 0.2) is 5.78 Å². The molecule has 1 aliphatic heterocycles. The molecule has 0 N–H and O–H groups in total. The van der Waals surface area contributed by atoms with Crippen molar-refractivity contribution in [3.05, 3.63) is 172 Å². The molecular formula is C45H37NO5. The van der Waals surface area contributed by atoms with Crippen LogP contribution in [0.5, 0.6) is 0 Å². The average molecular weight is 672 g/mol. The fourth-order valence-electron chi connectivity index (χ4n) is 8.85. The Morgan fingerprint density at radius 2 is 1.00 bits per heavy atom. The summed E-state index contributed by atoms with van der Waals surface area (Å²) in [6.07, 6.45) is -0.299. The topological polar surface area (TPSA) is 80.8 Å². The molecule has 0 spiro atoms. The highest BCUT2D eigenvalue weighted by Gasteiger charge is 2.82. The smallest absolute Gasteiger partial charge is 0.338 e. The second-order valence-electron chi connectivity index (χ2n) is 14.1. The Kier molecular flexibility index (Phi) is 7.53. The number of carbonyl (C=O) groups is 4. The van der Waals surface area contributed by atoms with Gasteiger partial charge in [-0.2, -0.15) is 0 Å². The lowest BCUT2D eigenvalue weighted by Gasteiger charge is -2.39. The summed E-state index contributed by atoms with van der Waals surface area (Å²) < 4.78 is 5.37. The van der Waals surface area contributed by atoms with Crippen molar-refractivity contribution in [2.75, 3.05) is 4.90 Å². The summed E-state index contributed by atoms with van der Waals surface area (Å²) in [5, 5.41) is 0. The maximum Gasteiger partial charge on any atom is 0.338 e. The molecule has 2 amide bonds. The number of rotatable bonds is 7. The predicted octanol–water partition coefficient (Wildman–Crippen LogP) is 8.06. The Balaban J connectivity index is 1.45. The first-order chi connectivity index (χ1) is 24.6. The molecule has 2 bridgehead atoms. The zero-order chi connectivity index (χ0) is 35.7. The Bertz CT molecular complexity index is 2110. The van der Waals surface area contributed by atoms with Crippen LogP contribution < -0.4 is 4.90 Å². The van der Waals surface area contributed by atoms with Gasteiger partial charge in [0.2, 0.25) is 11.8 Å². The van der Waals surface area contributed by atoms with Crippen molar-refractivity contribution in [1.29, 1.82) is 0 Å². The maximum atomic E-state index is 16.1. The van der Waals surface area contributed by atoms with Crippen LogP contribution in [-0.2, 0) is 30.0 Å². The number of aryl methyl sites for hydroxylation is 2. The minimum Gasteiger partial charge on any atom is -0.459 e. The lowest BCUT2D eigenvalue weighted by Crippen LogP contribution is -2.45. The summed E-state index contributed by atoms with van der Waals surface area (Å²) >= 11 is 0. The second-order valence-corrected chi connectivity index (χ2v) is 14.1. The van der Waals surface area contributed by atoms with Crippen LogP contribution in [-0.4, -0.2) is 29.7 Å². The van der Waals surface area contributed by atoms with E-state index in [4.69, 9.17) is 4.74 Å². The van der Waals surface area contributed by atoms with Gasteiger partial charge in [0.05, 0.1) is 40.0 Å². The first-order valence-corrected chi connectivity index (χ1v) is 17.4. The zero-order valence-electron chi connectivity index (χ0n) is 28.9. The summed E-state index contributed by atoms with van der Waals surface area (Å²) in [6.45, 7) is 7.59.